The Morgan fingerprint density at radius 3 is 2.39 bits per heavy atom. The normalized spacial score (nSPS) is 10.2. The molecule has 0 unspecified atom stereocenters. The summed E-state index contributed by atoms with van der Waals surface area (Å²) in [7, 11) is 1.39. The van der Waals surface area contributed by atoms with Crippen LogP contribution in [0.4, 0.5) is 0 Å². The van der Waals surface area contributed by atoms with Crippen molar-refractivity contribution in [3.05, 3.63) is 58.6 Å². The maximum atomic E-state index is 11.6. The monoisotopic (exact) mass is 260 g/mol. The predicted octanol–water partition coefficient (Wildman–Crippen LogP) is 4.10. The van der Waals surface area contributed by atoms with Gasteiger partial charge in [0.15, 0.2) is 0 Å². The third-order valence-corrected chi connectivity index (χ3v) is 3.15. The number of carbonyl (C=O) groups excluding carboxylic acids is 1. The first-order valence-corrected chi connectivity index (χ1v) is 5.95. The fraction of sp³-hybridized carbons (Fsp3) is 0.133. The number of benzene rings is 2. The van der Waals surface area contributed by atoms with Gasteiger partial charge in [-0.2, -0.15) is 0 Å². The van der Waals surface area contributed by atoms with E-state index in [1.54, 1.807) is 6.07 Å². The fourth-order valence-electron chi connectivity index (χ4n) is 1.91. The van der Waals surface area contributed by atoms with Crippen LogP contribution in [-0.2, 0) is 4.74 Å². The molecule has 0 saturated carbocycles. The Morgan fingerprint density at radius 1 is 1.11 bits per heavy atom. The van der Waals surface area contributed by atoms with Crippen LogP contribution in [0, 0.1) is 6.92 Å². The molecule has 0 fully saturated rings. The van der Waals surface area contributed by atoms with Gasteiger partial charge in [-0.05, 0) is 41.8 Å². The molecular formula is C15H13ClO2. The summed E-state index contributed by atoms with van der Waals surface area (Å²) in [6.45, 7) is 1.91. The molecule has 2 aromatic rings. The molecule has 2 aromatic carbocycles. The van der Waals surface area contributed by atoms with E-state index in [-0.39, 0.29) is 5.97 Å². The highest BCUT2D eigenvalue weighted by Crippen LogP contribution is 2.27. The first-order valence-electron chi connectivity index (χ1n) is 5.57. The molecule has 0 N–H and O–H groups in total. The lowest BCUT2D eigenvalue weighted by Gasteiger charge is -2.10. The molecule has 0 aliphatic heterocycles. The lowest BCUT2D eigenvalue weighted by Crippen LogP contribution is -2.04. The average Bonchev–Trinajstić information content (AvgIpc) is 2.39. The van der Waals surface area contributed by atoms with Gasteiger partial charge in [-0.15, -0.1) is 0 Å². The minimum atomic E-state index is -0.316. The van der Waals surface area contributed by atoms with E-state index in [1.807, 2.05) is 43.3 Å². The van der Waals surface area contributed by atoms with Gasteiger partial charge in [0.2, 0.25) is 0 Å². The van der Waals surface area contributed by atoms with Crippen LogP contribution >= 0.6 is 11.6 Å². The van der Waals surface area contributed by atoms with E-state index in [0.29, 0.717) is 10.6 Å². The minimum Gasteiger partial charge on any atom is -0.465 e. The quantitative estimate of drug-likeness (QED) is 0.760. The highest BCUT2D eigenvalue weighted by atomic mass is 35.5. The molecule has 3 heteroatoms. The summed E-state index contributed by atoms with van der Waals surface area (Å²) >= 11 is 5.87. The number of ether oxygens (including phenoxy) is 1. The Labute approximate surface area is 111 Å². The van der Waals surface area contributed by atoms with Gasteiger partial charge in [0, 0.05) is 5.02 Å². The van der Waals surface area contributed by atoms with E-state index in [4.69, 9.17) is 16.3 Å². The predicted molar refractivity (Wildman–Crippen MR) is 73.0 cm³/mol. The zero-order valence-electron chi connectivity index (χ0n) is 10.2. The largest absolute Gasteiger partial charge is 0.465 e. The third kappa shape index (κ3) is 2.39. The Balaban J connectivity index is 2.52. The van der Waals surface area contributed by atoms with Crippen LogP contribution in [0.2, 0.25) is 5.02 Å². The fourth-order valence-corrected chi connectivity index (χ4v) is 2.03. The van der Waals surface area contributed by atoms with E-state index in [9.17, 15) is 4.79 Å². The van der Waals surface area contributed by atoms with Crippen molar-refractivity contribution < 1.29 is 9.53 Å². The second kappa shape index (κ2) is 5.23. The molecule has 0 bridgehead atoms. The molecule has 0 aliphatic carbocycles. The van der Waals surface area contributed by atoms with Crippen LogP contribution in [0.15, 0.2) is 42.5 Å². The lowest BCUT2D eigenvalue weighted by atomic mass is 9.96. The van der Waals surface area contributed by atoms with E-state index < -0.39 is 0 Å². The van der Waals surface area contributed by atoms with Crippen molar-refractivity contribution in [3.8, 4) is 11.1 Å². The van der Waals surface area contributed by atoms with Crippen LogP contribution < -0.4 is 0 Å². The summed E-state index contributed by atoms with van der Waals surface area (Å²) in [4.78, 5) is 11.6. The summed E-state index contributed by atoms with van der Waals surface area (Å²) in [5.74, 6) is -0.316. The van der Waals surface area contributed by atoms with Gasteiger partial charge in [-0.1, -0.05) is 35.9 Å². The SMILES string of the molecule is COC(=O)c1cccc(-c2ccc(Cl)cc2)c1C. The van der Waals surface area contributed by atoms with E-state index in [0.717, 1.165) is 16.7 Å². The molecule has 0 spiro atoms. The van der Waals surface area contributed by atoms with Crippen molar-refractivity contribution in [2.45, 2.75) is 6.92 Å². The number of hydrogen-bond donors (Lipinski definition) is 0. The van der Waals surface area contributed by atoms with Crippen molar-refractivity contribution in [1.29, 1.82) is 0 Å². The summed E-state index contributed by atoms with van der Waals surface area (Å²) < 4.78 is 4.77. The first-order chi connectivity index (χ1) is 8.63. The molecule has 0 aromatic heterocycles. The maximum Gasteiger partial charge on any atom is 0.338 e. The van der Waals surface area contributed by atoms with E-state index >= 15 is 0 Å². The molecule has 92 valence electrons. The van der Waals surface area contributed by atoms with Crippen LogP contribution in [0.3, 0.4) is 0 Å². The molecule has 2 nitrogen and oxygen atoms in total. The Kier molecular flexibility index (Phi) is 3.68. The lowest BCUT2D eigenvalue weighted by molar-refractivity contribution is 0.0600. The Hall–Kier alpha value is -1.80. The third-order valence-electron chi connectivity index (χ3n) is 2.89. The molecule has 2 rings (SSSR count). The Bertz CT molecular complexity index is 574. The molecular weight excluding hydrogens is 248 g/mol. The van der Waals surface area contributed by atoms with Gasteiger partial charge >= 0.3 is 5.97 Å². The zero-order valence-corrected chi connectivity index (χ0v) is 11.0. The number of esters is 1. The number of hydrogen-bond acceptors (Lipinski definition) is 2. The van der Waals surface area contributed by atoms with Crippen molar-refractivity contribution in [3.63, 3.8) is 0 Å². The van der Waals surface area contributed by atoms with E-state index in [1.165, 1.54) is 7.11 Å². The van der Waals surface area contributed by atoms with Crippen molar-refractivity contribution in [2.75, 3.05) is 7.11 Å². The standard InChI is InChI=1S/C15H13ClO2/c1-10-13(11-6-8-12(16)9-7-11)4-3-5-14(10)15(17)18-2/h3-9H,1-2H3. The molecule has 0 radical (unpaired) electrons. The Morgan fingerprint density at radius 2 is 1.78 bits per heavy atom. The molecule has 18 heavy (non-hydrogen) atoms. The highest BCUT2D eigenvalue weighted by molar-refractivity contribution is 6.30. The van der Waals surface area contributed by atoms with Gasteiger partial charge in [0.25, 0.3) is 0 Å². The number of carbonyl (C=O) groups is 1. The molecule has 0 aliphatic rings. The van der Waals surface area contributed by atoms with Gasteiger partial charge in [0.05, 0.1) is 12.7 Å². The topological polar surface area (TPSA) is 26.3 Å². The smallest absolute Gasteiger partial charge is 0.338 e. The van der Waals surface area contributed by atoms with Gasteiger partial charge in [0.1, 0.15) is 0 Å². The van der Waals surface area contributed by atoms with Crippen molar-refractivity contribution in [2.24, 2.45) is 0 Å². The molecule has 0 atom stereocenters. The van der Waals surface area contributed by atoms with Crippen LogP contribution in [0.25, 0.3) is 11.1 Å². The summed E-state index contributed by atoms with van der Waals surface area (Å²) in [6.07, 6.45) is 0. The summed E-state index contributed by atoms with van der Waals surface area (Å²) in [5.41, 5.74) is 3.54. The second-order valence-electron chi connectivity index (χ2n) is 3.98. The molecule has 0 heterocycles. The summed E-state index contributed by atoms with van der Waals surface area (Å²) in [6, 6.07) is 13.1. The highest BCUT2D eigenvalue weighted by Gasteiger charge is 2.12. The van der Waals surface area contributed by atoms with Crippen LogP contribution in [-0.4, -0.2) is 13.1 Å². The van der Waals surface area contributed by atoms with Crippen LogP contribution in [0.1, 0.15) is 15.9 Å². The van der Waals surface area contributed by atoms with Gasteiger partial charge in [-0.25, -0.2) is 4.79 Å². The van der Waals surface area contributed by atoms with Crippen LogP contribution in [0.5, 0.6) is 0 Å². The zero-order chi connectivity index (χ0) is 13.1. The molecule has 0 saturated heterocycles. The molecule has 0 amide bonds. The summed E-state index contributed by atoms with van der Waals surface area (Å²) in [5, 5.41) is 0.695. The average molecular weight is 261 g/mol. The number of rotatable bonds is 2. The minimum absolute atomic E-state index is 0.316. The van der Waals surface area contributed by atoms with Gasteiger partial charge in [-0.3, -0.25) is 0 Å². The maximum absolute atomic E-state index is 11.6. The van der Waals surface area contributed by atoms with Gasteiger partial charge < -0.3 is 4.74 Å². The number of methoxy groups -OCH3 is 1. The van der Waals surface area contributed by atoms with Crippen molar-refractivity contribution in [1.82, 2.24) is 0 Å². The first kappa shape index (κ1) is 12.7. The number of halogens is 1. The second-order valence-corrected chi connectivity index (χ2v) is 4.41. The van der Waals surface area contributed by atoms with Crippen molar-refractivity contribution >= 4 is 17.6 Å². The van der Waals surface area contributed by atoms with E-state index in [2.05, 4.69) is 0 Å².